The summed E-state index contributed by atoms with van der Waals surface area (Å²) in [7, 11) is 1.31. The van der Waals surface area contributed by atoms with E-state index >= 15 is 0 Å². The normalized spacial score (nSPS) is 16.0. The van der Waals surface area contributed by atoms with Gasteiger partial charge in [-0.25, -0.2) is 0 Å². The lowest BCUT2D eigenvalue weighted by molar-refractivity contribution is -0.137. The van der Waals surface area contributed by atoms with Crippen molar-refractivity contribution in [2.75, 3.05) is 12.4 Å². The van der Waals surface area contributed by atoms with E-state index in [9.17, 15) is 28.8 Å². The summed E-state index contributed by atoms with van der Waals surface area (Å²) in [5, 5.41) is 10.1. The Hall–Kier alpha value is -2.93. The number of nitrogens with zero attached hydrogens (tertiary/aromatic N) is 1. The second-order valence-electron chi connectivity index (χ2n) is 6.61. The number of hydrogen-bond acceptors (Lipinski definition) is 8. The number of pyridine rings is 1. The van der Waals surface area contributed by atoms with Gasteiger partial charge in [-0.05, 0) is 25.5 Å². The molecule has 0 bridgehead atoms. The molecule has 1 aromatic heterocycles. The molecule has 0 saturated heterocycles. The number of allylic oxidation sites excluding steroid dienone is 1. The second-order valence-corrected chi connectivity index (χ2v) is 9.45. The number of anilines is 1. The Morgan fingerprint density at radius 1 is 1.34 bits per heavy atom. The quantitative estimate of drug-likeness (QED) is 0.141. The van der Waals surface area contributed by atoms with E-state index in [2.05, 4.69) is 37.2 Å². The number of likely N-dealkylation sites (N-methyl/N-ethyl adjacent to an activating group) is 1. The van der Waals surface area contributed by atoms with E-state index in [0.29, 0.717) is 11.2 Å². The maximum Gasteiger partial charge on any atom is 0.287 e. The van der Waals surface area contributed by atoms with Gasteiger partial charge >= 0.3 is 0 Å². The van der Waals surface area contributed by atoms with Crippen molar-refractivity contribution in [3.05, 3.63) is 39.3 Å². The van der Waals surface area contributed by atoms with E-state index in [4.69, 9.17) is 0 Å². The number of Topliss-reactive ketones (excluding diaryl/α,β-unsaturated/α-hetero) is 1. The molecular weight excluding hydrogens is 506 g/mol. The first kappa shape index (κ1) is 25.3. The monoisotopic (exact) mass is 527 g/mol. The molecule has 13 heteroatoms. The van der Waals surface area contributed by atoms with E-state index in [1.807, 2.05) is 0 Å². The van der Waals surface area contributed by atoms with Crippen LogP contribution >= 0.6 is 27.7 Å². The number of aromatic nitrogens is 1. The number of ketones is 1. The van der Waals surface area contributed by atoms with Gasteiger partial charge in [0.05, 0.1) is 6.54 Å². The van der Waals surface area contributed by atoms with Gasteiger partial charge in [-0.15, -0.1) is 0 Å². The summed E-state index contributed by atoms with van der Waals surface area (Å²) in [6, 6.07) is 1.62. The maximum atomic E-state index is 12.9. The van der Waals surface area contributed by atoms with Crippen molar-refractivity contribution < 1.29 is 24.0 Å². The summed E-state index contributed by atoms with van der Waals surface area (Å²) in [6.07, 6.45) is 1.46. The van der Waals surface area contributed by atoms with Crippen molar-refractivity contribution in [1.29, 1.82) is 0 Å². The zero-order chi connectivity index (χ0) is 23.8. The number of alkyl halides is 1. The highest BCUT2D eigenvalue weighted by Crippen LogP contribution is 2.32. The Morgan fingerprint density at radius 3 is 2.66 bits per heavy atom. The van der Waals surface area contributed by atoms with E-state index in [0.717, 1.165) is 4.57 Å². The molecule has 11 nitrogen and oxygen atoms in total. The highest BCUT2D eigenvalue weighted by molar-refractivity contribution is 9.11. The molecule has 3 amide bonds. The van der Waals surface area contributed by atoms with Crippen LogP contribution in [0.25, 0.3) is 0 Å². The SMILES string of the molecule is CNC(=O)C(=O)CCC(NC(=O)C1=C(C)SC(Br)N1)C(=O)Nc1cccn(CC=O)c1=O. The number of hydrogen-bond donors (Lipinski definition) is 4. The van der Waals surface area contributed by atoms with E-state index in [-0.39, 0.29) is 35.1 Å². The first-order valence-corrected chi connectivity index (χ1v) is 11.2. The van der Waals surface area contributed by atoms with Gasteiger partial charge < -0.3 is 30.6 Å². The molecule has 4 N–H and O–H groups in total. The molecule has 0 aromatic carbocycles. The summed E-state index contributed by atoms with van der Waals surface area (Å²) in [5.41, 5.74) is -0.434. The molecular formula is C19H22BrN5O6S. The molecule has 0 aliphatic carbocycles. The average Bonchev–Trinajstić information content (AvgIpc) is 3.10. The lowest BCUT2D eigenvalue weighted by Crippen LogP contribution is -2.47. The highest BCUT2D eigenvalue weighted by Gasteiger charge is 2.29. The molecule has 0 fully saturated rings. The van der Waals surface area contributed by atoms with Gasteiger partial charge in [-0.3, -0.25) is 24.0 Å². The summed E-state index contributed by atoms with van der Waals surface area (Å²) >= 11 is 4.70. The van der Waals surface area contributed by atoms with Crippen LogP contribution in [0, 0.1) is 0 Å². The lowest BCUT2D eigenvalue weighted by atomic mass is 10.1. The molecule has 0 radical (unpaired) electrons. The van der Waals surface area contributed by atoms with Crippen molar-refractivity contribution in [2.45, 2.75) is 36.6 Å². The molecule has 1 aliphatic rings. The standard InChI is InChI=1S/C19H22BrN5O6S/c1-10-14(24-19(20)32-10)17(30)22-11(5-6-13(27)16(29)21-2)15(28)23-12-4-3-7-25(8-9-26)18(12)31/h3-4,7,9,11,19,24H,5-6,8H2,1-2H3,(H,21,29)(H,22,30)(H,23,28). The molecule has 2 heterocycles. The summed E-state index contributed by atoms with van der Waals surface area (Å²) in [5.74, 6) is -2.89. The smallest absolute Gasteiger partial charge is 0.287 e. The Labute approximate surface area is 195 Å². The summed E-state index contributed by atoms with van der Waals surface area (Å²) < 4.78 is 0.904. The predicted octanol–water partition coefficient (Wildman–Crippen LogP) is -0.188. The third kappa shape index (κ3) is 6.53. The van der Waals surface area contributed by atoms with Crippen LogP contribution in [0.15, 0.2) is 33.7 Å². The van der Waals surface area contributed by atoms with Gasteiger partial charge in [-0.2, -0.15) is 0 Å². The maximum absolute atomic E-state index is 12.9. The number of halogens is 1. The van der Waals surface area contributed by atoms with Gasteiger partial charge in [0.15, 0.2) is 0 Å². The minimum absolute atomic E-state index is 0.0957. The molecule has 2 atom stereocenters. The van der Waals surface area contributed by atoms with Crippen molar-refractivity contribution >= 4 is 63.2 Å². The molecule has 32 heavy (non-hydrogen) atoms. The second kappa shape index (κ2) is 11.6. The van der Waals surface area contributed by atoms with E-state index in [1.165, 1.54) is 37.1 Å². The van der Waals surface area contributed by atoms with Gasteiger partial charge in [0.25, 0.3) is 17.4 Å². The molecule has 2 unspecified atom stereocenters. The summed E-state index contributed by atoms with van der Waals surface area (Å²) in [4.78, 5) is 72.8. The highest BCUT2D eigenvalue weighted by atomic mass is 79.9. The number of carbonyl (C=O) groups excluding carboxylic acids is 5. The number of carbonyl (C=O) groups is 5. The Kier molecular flexibility index (Phi) is 9.20. The van der Waals surface area contributed by atoms with Crippen LogP contribution in [0.5, 0.6) is 0 Å². The van der Waals surface area contributed by atoms with Crippen LogP contribution in [0.2, 0.25) is 0 Å². The van der Waals surface area contributed by atoms with Crippen LogP contribution in [0.3, 0.4) is 0 Å². The molecule has 1 aliphatic heterocycles. The largest absolute Gasteiger partial charge is 0.359 e. The lowest BCUT2D eigenvalue weighted by Gasteiger charge is -2.19. The zero-order valence-electron chi connectivity index (χ0n) is 17.3. The third-order valence-electron chi connectivity index (χ3n) is 4.43. The van der Waals surface area contributed by atoms with Crippen LogP contribution in [0.1, 0.15) is 19.8 Å². The van der Waals surface area contributed by atoms with Gasteiger partial charge in [0.2, 0.25) is 11.7 Å². The van der Waals surface area contributed by atoms with Crippen molar-refractivity contribution in [3.8, 4) is 0 Å². The number of thioether (sulfide) groups is 1. The van der Waals surface area contributed by atoms with E-state index < -0.39 is 35.1 Å². The van der Waals surface area contributed by atoms with Crippen LogP contribution in [-0.4, -0.2) is 51.7 Å². The third-order valence-corrected chi connectivity index (χ3v) is 6.10. The predicted molar refractivity (Wildman–Crippen MR) is 122 cm³/mol. The van der Waals surface area contributed by atoms with Gasteiger partial charge in [0.1, 0.15) is 28.0 Å². The van der Waals surface area contributed by atoms with Crippen LogP contribution in [-0.2, 0) is 30.5 Å². The molecule has 172 valence electrons. The van der Waals surface area contributed by atoms with Gasteiger partial charge in [0, 0.05) is 24.6 Å². The Bertz CT molecular complexity index is 1020. The fraction of sp³-hybridized carbons (Fsp3) is 0.368. The molecule has 0 spiro atoms. The number of aldehydes is 1. The fourth-order valence-electron chi connectivity index (χ4n) is 2.79. The fourth-order valence-corrected chi connectivity index (χ4v) is 4.61. The Balaban J connectivity index is 2.21. The summed E-state index contributed by atoms with van der Waals surface area (Å²) in [6.45, 7) is 1.55. The zero-order valence-corrected chi connectivity index (χ0v) is 19.7. The van der Waals surface area contributed by atoms with E-state index in [1.54, 1.807) is 6.92 Å². The minimum Gasteiger partial charge on any atom is -0.359 e. The number of rotatable bonds is 10. The van der Waals surface area contributed by atoms with Crippen LogP contribution in [0.4, 0.5) is 5.69 Å². The van der Waals surface area contributed by atoms with Crippen molar-refractivity contribution in [2.24, 2.45) is 0 Å². The number of nitrogens with one attached hydrogen (secondary N) is 4. The molecule has 0 saturated carbocycles. The van der Waals surface area contributed by atoms with Crippen molar-refractivity contribution in [1.82, 2.24) is 20.5 Å². The topological polar surface area (TPSA) is 155 Å². The Morgan fingerprint density at radius 2 is 2.06 bits per heavy atom. The van der Waals surface area contributed by atoms with Crippen LogP contribution < -0.4 is 26.8 Å². The average molecular weight is 528 g/mol. The van der Waals surface area contributed by atoms with Crippen molar-refractivity contribution in [3.63, 3.8) is 0 Å². The number of amides is 3. The molecule has 1 aromatic rings. The first-order valence-electron chi connectivity index (χ1n) is 9.45. The first-order chi connectivity index (χ1) is 15.2. The van der Waals surface area contributed by atoms with Gasteiger partial charge in [-0.1, -0.05) is 27.7 Å². The molecule has 2 rings (SSSR count). The minimum atomic E-state index is -1.21.